The molecule has 0 unspecified atom stereocenters. The summed E-state index contributed by atoms with van der Waals surface area (Å²) in [5.74, 6) is 6.21. The lowest BCUT2D eigenvalue weighted by atomic mass is 10.2. The standard InChI is InChI=1S/C13H13ClN6O2S/c14-9-3-1-8(2-4-9)11-17-18-13(20(11)15)23-7-10(21)19-6-5-16-12(19)22/h1-4H,5-7,15H2,(H,16,22). The lowest BCUT2D eigenvalue weighted by Gasteiger charge is -2.11. The fourth-order valence-electron chi connectivity index (χ4n) is 2.09. The number of carbonyl (C=O) groups is 2. The SMILES string of the molecule is Nn1c(SCC(=O)N2CCNC2=O)nnc1-c1ccc(Cl)cc1. The van der Waals surface area contributed by atoms with Crippen LogP contribution in [0.2, 0.25) is 5.02 Å². The van der Waals surface area contributed by atoms with Crippen LogP contribution >= 0.6 is 23.4 Å². The van der Waals surface area contributed by atoms with Gasteiger partial charge in [0.2, 0.25) is 11.1 Å². The van der Waals surface area contributed by atoms with E-state index in [-0.39, 0.29) is 17.7 Å². The van der Waals surface area contributed by atoms with Gasteiger partial charge in [-0.1, -0.05) is 23.4 Å². The molecular formula is C13H13ClN6O2S. The van der Waals surface area contributed by atoms with E-state index in [1.54, 1.807) is 24.3 Å². The van der Waals surface area contributed by atoms with Crippen LogP contribution in [0.25, 0.3) is 11.4 Å². The molecule has 1 aromatic heterocycles. The Morgan fingerprint density at radius 1 is 1.35 bits per heavy atom. The second-order valence-corrected chi connectivity index (χ2v) is 6.13. The van der Waals surface area contributed by atoms with Gasteiger partial charge in [-0.15, -0.1) is 10.2 Å². The molecular weight excluding hydrogens is 340 g/mol. The van der Waals surface area contributed by atoms with Gasteiger partial charge in [0.1, 0.15) is 0 Å². The molecule has 0 bridgehead atoms. The number of nitrogens with one attached hydrogen (secondary N) is 1. The first-order valence-electron chi connectivity index (χ1n) is 6.73. The van der Waals surface area contributed by atoms with Gasteiger partial charge < -0.3 is 11.2 Å². The van der Waals surface area contributed by atoms with Gasteiger partial charge in [-0.25, -0.2) is 9.47 Å². The lowest BCUT2D eigenvalue weighted by molar-refractivity contribution is -0.124. The average molecular weight is 353 g/mol. The molecule has 0 atom stereocenters. The van der Waals surface area contributed by atoms with E-state index in [4.69, 9.17) is 17.4 Å². The molecule has 23 heavy (non-hydrogen) atoms. The number of amides is 3. The van der Waals surface area contributed by atoms with Crippen LogP contribution in [-0.2, 0) is 4.79 Å². The Morgan fingerprint density at radius 2 is 2.09 bits per heavy atom. The molecule has 2 heterocycles. The highest BCUT2D eigenvalue weighted by Crippen LogP contribution is 2.23. The van der Waals surface area contributed by atoms with E-state index in [0.29, 0.717) is 29.1 Å². The Balaban J connectivity index is 1.69. The van der Waals surface area contributed by atoms with Crippen LogP contribution in [-0.4, -0.2) is 50.6 Å². The predicted octanol–water partition coefficient (Wildman–Crippen LogP) is 0.956. The van der Waals surface area contributed by atoms with Crippen LogP contribution in [0.3, 0.4) is 0 Å². The molecule has 1 aromatic carbocycles. The maximum Gasteiger partial charge on any atom is 0.324 e. The second kappa shape index (κ2) is 6.47. The summed E-state index contributed by atoms with van der Waals surface area (Å²) >= 11 is 6.98. The van der Waals surface area contributed by atoms with Crippen molar-refractivity contribution in [1.82, 2.24) is 25.1 Å². The number of hydrogen-bond acceptors (Lipinski definition) is 6. The highest BCUT2D eigenvalue weighted by atomic mass is 35.5. The number of aromatic nitrogens is 3. The molecule has 1 fully saturated rings. The van der Waals surface area contributed by atoms with E-state index >= 15 is 0 Å². The Bertz CT molecular complexity index is 747. The Labute approximate surface area is 141 Å². The summed E-state index contributed by atoms with van der Waals surface area (Å²) in [7, 11) is 0. The van der Waals surface area contributed by atoms with Gasteiger partial charge >= 0.3 is 6.03 Å². The Hall–Kier alpha value is -2.26. The normalized spacial score (nSPS) is 14.1. The molecule has 8 nitrogen and oxygen atoms in total. The zero-order chi connectivity index (χ0) is 16.4. The van der Waals surface area contributed by atoms with Gasteiger partial charge in [-0.3, -0.25) is 9.69 Å². The van der Waals surface area contributed by atoms with Crippen molar-refractivity contribution in [3.63, 3.8) is 0 Å². The second-order valence-electron chi connectivity index (χ2n) is 4.75. The predicted molar refractivity (Wildman–Crippen MR) is 86.5 cm³/mol. The topological polar surface area (TPSA) is 106 Å². The number of thioether (sulfide) groups is 1. The zero-order valence-corrected chi connectivity index (χ0v) is 13.5. The monoisotopic (exact) mass is 352 g/mol. The van der Waals surface area contributed by atoms with Crippen LogP contribution in [0.4, 0.5) is 4.79 Å². The fraction of sp³-hybridized carbons (Fsp3) is 0.231. The van der Waals surface area contributed by atoms with Crippen molar-refractivity contribution in [2.45, 2.75) is 5.16 Å². The average Bonchev–Trinajstić information content (AvgIpc) is 3.12. The quantitative estimate of drug-likeness (QED) is 0.627. The number of benzene rings is 1. The van der Waals surface area contributed by atoms with E-state index in [1.165, 1.54) is 9.58 Å². The summed E-state index contributed by atoms with van der Waals surface area (Å²) in [6.07, 6.45) is 0. The summed E-state index contributed by atoms with van der Waals surface area (Å²) in [5, 5.41) is 11.6. The summed E-state index contributed by atoms with van der Waals surface area (Å²) < 4.78 is 1.31. The van der Waals surface area contributed by atoms with E-state index in [0.717, 1.165) is 17.3 Å². The molecule has 3 amide bonds. The van der Waals surface area contributed by atoms with Crippen molar-refractivity contribution in [3.8, 4) is 11.4 Å². The van der Waals surface area contributed by atoms with Crippen molar-refractivity contribution in [1.29, 1.82) is 0 Å². The van der Waals surface area contributed by atoms with Crippen molar-refractivity contribution in [2.24, 2.45) is 0 Å². The number of nitrogens with zero attached hydrogens (tertiary/aromatic N) is 4. The zero-order valence-electron chi connectivity index (χ0n) is 11.9. The molecule has 0 saturated carbocycles. The molecule has 120 valence electrons. The summed E-state index contributed by atoms with van der Waals surface area (Å²) in [5.41, 5.74) is 0.765. The van der Waals surface area contributed by atoms with E-state index < -0.39 is 0 Å². The molecule has 1 saturated heterocycles. The van der Waals surface area contributed by atoms with E-state index in [1.807, 2.05) is 0 Å². The van der Waals surface area contributed by atoms with Gasteiger partial charge in [-0.05, 0) is 24.3 Å². The highest BCUT2D eigenvalue weighted by molar-refractivity contribution is 7.99. The van der Waals surface area contributed by atoms with E-state index in [2.05, 4.69) is 15.5 Å². The third-order valence-electron chi connectivity index (χ3n) is 3.25. The third-order valence-corrected chi connectivity index (χ3v) is 4.43. The van der Waals surface area contributed by atoms with Gasteiger partial charge in [0.15, 0.2) is 5.82 Å². The summed E-state index contributed by atoms with van der Waals surface area (Å²) in [6.45, 7) is 0.854. The maximum atomic E-state index is 12.0. The number of hydrogen-bond donors (Lipinski definition) is 2. The third kappa shape index (κ3) is 3.25. The molecule has 2 aromatic rings. The minimum absolute atomic E-state index is 0.0589. The highest BCUT2D eigenvalue weighted by Gasteiger charge is 2.26. The maximum absolute atomic E-state index is 12.0. The molecule has 1 aliphatic rings. The van der Waals surface area contributed by atoms with Gasteiger partial charge in [0, 0.05) is 23.7 Å². The van der Waals surface area contributed by atoms with Crippen molar-refractivity contribution >= 4 is 35.3 Å². The van der Waals surface area contributed by atoms with E-state index in [9.17, 15) is 9.59 Å². The summed E-state index contributed by atoms with van der Waals surface area (Å²) in [6, 6.07) is 6.65. The van der Waals surface area contributed by atoms with Crippen LogP contribution < -0.4 is 11.2 Å². The first-order valence-corrected chi connectivity index (χ1v) is 8.10. The molecule has 0 radical (unpaired) electrons. The van der Waals surface area contributed by atoms with Crippen molar-refractivity contribution in [2.75, 3.05) is 24.7 Å². The van der Waals surface area contributed by atoms with Crippen molar-refractivity contribution in [3.05, 3.63) is 29.3 Å². The molecule has 0 aliphatic carbocycles. The number of nitrogen functional groups attached to an aromatic ring is 1. The first-order chi connectivity index (χ1) is 11.1. The largest absolute Gasteiger partial charge is 0.336 e. The van der Waals surface area contributed by atoms with Crippen LogP contribution in [0.15, 0.2) is 29.4 Å². The van der Waals surface area contributed by atoms with Crippen LogP contribution in [0.1, 0.15) is 0 Å². The number of carbonyl (C=O) groups excluding carboxylic acids is 2. The minimum atomic E-state index is -0.369. The number of rotatable bonds is 4. The number of nitrogens with two attached hydrogens (primary N) is 1. The van der Waals surface area contributed by atoms with Gasteiger partial charge in [-0.2, -0.15) is 0 Å². The molecule has 3 N–H and O–H groups in total. The first kappa shape index (κ1) is 15.6. The minimum Gasteiger partial charge on any atom is -0.336 e. The lowest BCUT2D eigenvalue weighted by Crippen LogP contribution is -2.35. The molecule has 10 heteroatoms. The number of halogens is 1. The van der Waals surface area contributed by atoms with Crippen molar-refractivity contribution < 1.29 is 9.59 Å². The van der Waals surface area contributed by atoms with Gasteiger partial charge in [0.05, 0.1) is 5.75 Å². The Kier molecular flexibility index (Phi) is 4.39. The molecule has 3 rings (SSSR count). The van der Waals surface area contributed by atoms with Crippen LogP contribution in [0.5, 0.6) is 0 Å². The molecule has 0 spiro atoms. The number of imide groups is 1. The molecule has 1 aliphatic heterocycles. The summed E-state index contributed by atoms with van der Waals surface area (Å²) in [4.78, 5) is 24.6. The Morgan fingerprint density at radius 3 is 2.74 bits per heavy atom. The fourth-order valence-corrected chi connectivity index (χ4v) is 2.94. The van der Waals surface area contributed by atoms with Crippen LogP contribution in [0, 0.1) is 0 Å². The number of urea groups is 1. The van der Waals surface area contributed by atoms with Gasteiger partial charge in [0.25, 0.3) is 0 Å². The smallest absolute Gasteiger partial charge is 0.324 e.